The summed E-state index contributed by atoms with van der Waals surface area (Å²) in [6, 6.07) is 8.97. The van der Waals surface area contributed by atoms with Gasteiger partial charge in [-0.15, -0.1) is 0 Å². The zero-order chi connectivity index (χ0) is 13.8. The first-order valence-corrected chi connectivity index (χ1v) is 6.15. The van der Waals surface area contributed by atoms with Crippen LogP contribution >= 0.6 is 12.2 Å². The largest absolute Gasteiger partial charge is 0.389 e. The summed E-state index contributed by atoms with van der Waals surface area (Å²) in [6.45, 7) is 2.05. The summed E-state index contributed by atoms with van der Waals surface area (Å²) in [5.41, 5.74) is 7.81. The molecule has 0 saturated carbocycles. The fourth-order valence-corrected chi connectivity index (χ4v) is 1.78. The SMILES string of the molecule is Cc1ccn(CC(=O)Nc2cccc(C(N)=S)c2)n1. The molecule has 2 aromatic rings. The molecule has 6 heteroatoms. The highest BCUT2D eigenvalue weighted by molar-refractivity contribution is 7.80. The molecule has 0 aliphatic rings. The first kappa shape index (κ1) is 13.2. The van der Waals surface area contributed by atoms with Gasteiger partial charge in [0, 0.05) is 17.4 Å². The minimum Gasteiger partial charge on any atom is -0.389 e. The van der Waals surface area contributed by atoms with Crippen molar-refractivity contribution in [2.45, 2.75) is 13.5 Å². The van der Waals surface area contributed by atoms with E-state index in [0.29, 0.717) is 10.7 Å². The second kappa shape index (κ2) is 5.62. The molecular weight excluding hydrogens is 260 g/mol. The van der Waals surface area contributed by atoms with Gasteiger partial charge in [0.15, 0.2) is 0 Å². The molecule has 0 bridgehead atoms. The Kier molecular flexibility index (Phi) is 3.91. The average Bonchev–Trinajstić information content (AvgIpc) is 2.74. The zero-order valence-electron chi connectivity index (χ0n) is 10.5. The maximum Gasteiger partial charge on any atom is 0.246 e. The van der Waals surface area contributed by atoms with Crippen LogP contribution in [0, 0.1) is 6.92 Å². The predicted octanol–water partition coefficient (Wildman–Crippen LogP) is 1.46. The van der Waals surface area contributed by atoms with Crippen LogP contribution < -0.4 is 11.1 Å². The number of benzene rings is 1. The standard InChI is InChI=1S/C13H14N4OS/c1-9-5-6-17(16-9)8-12(18)15-11-4-2-3-10(7-11)13(14)19/h2-7H,8H2,1H3,(H2,14,19)(H,15,18). The summed E-state index contributed by atoms with van der Waals surface area (Å²) >= 11 is 4.89. The molecule has 1 aromatic heterocycles. The van der Waals surface area contributed by atoms with Crippen LogP contribution in [-0.2, 0) is 11.3 Å². The van der Waals surface area contributed by atoms with Crippen molar-refractivity contribution < 1.29 is 4.79 Å². The zero-order valence-corrected chi connectivity index (χ0v) is 11.3. The Balaban J connectivity index is 2.02. The van der Waals surface area contributed by atoms with Crippen LogP contribution in [0.2, 0.25) is 0 Å². The van der Waals surface area contributed by atoms with E-state index in [1.165, 1.54) is 0 Å². The number of carbonyl (C=O) groups excluding carboxylic acids is 1. The average molecular weight is 274 g/mol. The third kappa shape index (κ3) is 3.62. The Morgan fingerprint density at radius 1 is 1.47 bits per heavy atom. The lowest BCUT2D eigenvalue weighted by Crippen LogP contribution is -2.19. The Bertz CT molecular complexity index is 621. The number of aromatic nitrogens is 2. The van der Waals surface area contributed by atoms with Gasteiger partial charge >= 0.3 is 0 Å². The number of rotatable bonds is 4. The van der Waals surface area contributed by atoms with Crippen molar-refractivity contribution in [3.05, 3.63) is 47.8 Å². The van der Waals surface area contributed by atoms with Crippen molar-refractivity contribution in [1.82, 2.24) is 9.78 Å². The number of thiocarbonyl (C=S) groups is 1. The maximum absolute atomic E-state index is 11.8. The lowest BCUT2D eigenvalue weighted by molar-refractivity contribution is -0.116. The summed E-state index contributed by atoms with van der Waals surface area (Å²) < 4.78 is 1.59. The Morgan fingerprint density at radius 3 is 2.89 bits per heavy atom. The monoisotopic (exact) mass is 274 g/mol. The third-order valence-corrected chi connectivity index (χ3v) is 2.75. The number of nitrogens with two attached hydrogens (primary N) is 1. The quantitative estimate of drug-likeness (QED) is 0.828. The molecule has 0 saturated heterocycles. The number of carbonyl (C=O) groups is 1. The Morgan fingerprint density at radius 2 is 2.26 bits per heavy atom. The molecule has 5 nitrogen and oxygen atoms in total. The van der Waals surface area contributed by atoms with E-state index in [9.17, 15) is 4.79 Å². The van der Waals surface area contributed by atoms with E-state index < -0.39 is 0 Å². The topological polar surface area (TPSA) is 72.9 Å². The van der Waals surface area contributed by atoms with Gasteiger partial charge in [0.1, 0.15) is 11.5 Å². The van der Waals surface area contributed by atoms with Gasteiger partial charge in [-0.25, -0.2) is 0 Å². The van der Waals surface area contributed by atoms with E-state index in [1.54, 1.807) is 35.1 Å². The summed E-state index contributed by atoms with van der Waals surface area (Å²) in [7, 11) is 0. The Labute approximate surface area is 116 Å². The molecular formula is C13H14N4OS. The van der Waals surface area contributed by atoms with Crippen LogP contribution in [0.4, 0.5) is 5.69 Å². The molecule has 0 unspecified atom stereocenters. The number of hydrogen-bond donors (Lipinski definition) is 2. The van der Waals surface area contributed by atoms with E-state index in [4.69, 9.17) is 18.0 Å². The van der Waals surface area contributed by atoms with Gasteiger partial charge in [-0.2, -0.15) is 5.10 Å². The van der Waals surface area contributed by atoms with E-state index in [-0.39, 0.29) is 12.5 Å². The van der Waals surface area contributed by atoms with Crippen LogP contribution in [-0.4, -0.2) is 20.7 Å². The molecule has 1 aromatic carbocycles. The van der Waals surface area contributed by atoms with Gasteiger partial charge < -0.3 is 11.1 Å². The number of aryl methyl sites for hydroxylation is 1. The highest BCUT2D eigenvalue weighted by Gasteiger charge is 2.05. The summed E-state index contributed by atoms with van der Waals surface area (Å²) in [4.78, 5) is 12.1. The normalized spacial score (nSPS) is 10.2. The molecule has 0 aliphatic carbocycles. The first-order chi connectivity index (χ1) is 9.04. The molecule has 3 N–H and O–H groups in total. The molecule has 0 radical (unpaired) electrons. The number of anilines is 1. The van der Waals surface area contributed by atoms with Gasteiger partial charge in [0.05, 0.1) is 5.69 Å². The lowest BCUT2D eigenvalue weighted by Gasteiger charge is -2.07. The molecule has 0 fully saturated rings. The van der Waals surface area contributed by atoms with Crippen molar-refractivity contribution >= 4 is 28.8 Å². The third-order valence-electron chi connectivity index (χ3n) is 2.51. The van der Waals surface area contributed by atoms with E-state index in [1.807, 2.05) is 13.0 Å². The van der Waals surface area contributed by atoms with E-state index in [2.05, 4.69) is 10.4 Å². The van der Waals surface area contributed by atoms with Crippen molar-refractivity contribution in [3.63, 3.8) is 0 Å². The Hall–Kier alpha value is -2.21. The second-order valence-electron chi connectivity index (χ2n) is 4.15. The highest BCUT2D eigenvalue weighted by Crippen LogP contribution is 2.10. The van der Waals surface area contributed by atoms with Crippen LogP contribution in [0.25, 0.3) is 0 Å². The molecule has 1 amide bonds. The van der Waals surface area contributed by atoms with Gasteiger partial charge in [-0.05, 0) is 25.1 Å². The second-order valence-corrected chi connectivity index (χ2v) is 4.59. The molecule has 19 heavy (non-hydrogen) atoms. The van der Waals surface area contributed by atoms with Crippen LogP contribution in [0.3, 0.4) is 0 Å². The predicted molar refractivity (Wildman–Crippen MR) is 77.9 cm³/mol. The molecule has 2 rings (SSSR count). The van der Waals surface area contributed by atoms with Crippen molar-refractivity contribution in [3.8, 4) is 0 Å². The molecule has 0 atom stereocenters. The molecule has 98 valence electrons. The van der Waals surface area contributed by atoms with Gasteiger partial charge in [-0.1, -0.05) is 24.4 Å². The maximum atomic E-state index is 11.8. The number of nitrogens with zero attached hydrogens (tertiary/aromatic N) is 2. The van der Waals surface area contributed by atoms with E-state index in [0.717, 1.165) is 11.3 Å². The van der Waals surface area contributed by atoms with E-state index >= 15 is 0 Å². The summed E-state index contributed by atoms with van der Waals surface area (Å²) in [5.74, 6) is -0.150. The van der Waals surface area contributed by atoms with Crippen LogP contribution in [0.15, 0.2) is 36.5 Å². The first-order valence-electron chi connectivity index (χ1n) is 5.74. The number of hydrogen-bond acceptors (Lipinski definition) is 3. The van der Waals surface area contributed by atoms with Crippen LogP contribution in [0.5, 0.6) is 0 Å². The van der Waals surface area contributed by atoms with Crippen LogP contribution in [0.1, 0.15) is 11.3 Å². The molecule has 1 heterocycles. The summed E-state index contributed by atoms with van der Waals surface area (Å²) in [5, 5.41) is 6.93. The minimum atomic E-state index is -0.150. The van der Waals surface area contributed by atoms with Gasteiger partial charge in [-0.3, -0.25) is 9.48 Å². The van der Waals surface area contributed by atoms with Crippen molar-refractivity contribution in [1.29, 1.82) is 0 Å². The number of amides is 1. The van der Waals surface area contributed by atoms with Crippen molar-refractivity contribution in [2.75, 3.05) is 5.32 Å². The summed E-state index contributed by atoms with van der Waals surface area (Å²) in [6.07, 6.45) is 1.76. The fraction of sp³-hybridized carbons (Fsp3) is 0.154. The molecule has 0 aliphatic heterocycles. The smallest absolute Gasteiger partial charge is 0.246 e. The number of nitrogens with one attached hydrogen (secondary N) is 1. The van der Waals surface area contributed by atoms with Gasteiger partial charge in [0.25, 0.3) is 0 Å². The van der Waals surface area contributed by atoms with Crippen molar-refractivity contribution in [2.24, 2.45) is 5.73 Å². The van der Waals surface area contributed by atoms with Gasteiger partial charge in [0.2, 0.25) is 5.91 Å². The molecule has 0 spiro atoms. The highest BCUT2D eigenvalue weighted by atomic mass is 32.1. The fourth-order valence-electron chi connectivity index (χ4n) is 1.65. The minimum absolute atomic E-state index is 0.150. The lowest BCUT2D eigenvalue weighted by atomic mass is 10.2.